The van der Waals surface area contributed by atoms with E-state index in [-0.39, 0.29) is 24.8 Å². The molecule has 126 valence electrons. The van der Waals surface area contributed by atoms with Crippen LogP contribution < -0.4 is 18.9 Å². The van der Waals surface area contributed by atoms with Crippen LogP contribution in [0.2, 0.25) is 39.3 Å². The predicted molar refractivity (Wildman–Crippen MR) is 105 cm³/mol. The van der Waals surface area contributed by atoms with Crippen LogP contribution in [0.5, 0.6) is 0 Å². The van der Waals surface area contributed by atoms with Crippen LogP contribution in [-0.4, -0.2) is 29.0 Å². The second-order valence-electron chi connectivity index (χ2n) is 6.85. The van der Waals surface area contributed by atoms with E-state index in [1.807, 2.05) is 24.4 Å². The number of ether oxygens (including phenoxy) is 1. The molecule has 0 radical (unpaired) electrons. The molecule has 0 bridgehead atoms. The summed E-state index contributed by atoms with van der Waals surface area (Å²) in [6.07, 6.45) is 1.78. The first-order valence-electron chi connectivity index (χ1n) is 7.61. The molecule has 0 unspecified atom stereocenters. The van der Waals surface area contributed by atoms with E-state index in [4.69, 9.17) is 9.38 Å². The van der Waals surface area contributed by atoms with Crippen molar-refractivity contribution < 1.29 is 28.4 Å². The summed E-state index contributed by atoms with van der Waals surface area (Å²) in [5.74, 6) is -0.243. The van der Waals surface area contributed by atoms with Gasteiger partial charge in [0.15, 0.2) is 0 Å². The van der Waals surface area contributed by atoms with Crippen molar-refractivity contribution >= 4 is 39.4 Å². The van der Waals surface area contributed by atoms with E-state index in [0.29, 0.717) is 12.2 Å². The van der Waals surface area contributed by atoms with Crippen molar-refractivity contribution in [3.05, 3.63) is 33.1 Å². The van der Waals surface area contributed by atoms with Gasteiger partial charge in [-0.2, -0.15) is 0 Å². The van der Waals surface area contributed by atoms with Gasteiger partial charge in [-0.3, -0.25) is 0 Å². The Bertz CT molecular complexity index is 465. The molecule has 1 aromatic rings. The van der Waals surface area contributed by atoms with Crippen molar-refractivity contribution in [1.29, 1.82) is 0 Å². The Hall–Kier alpha value is -0.0988. The Morgan fingerprint density at radius 3 is 2.00 bits per heavy atom. The molecule has 0 aliphatic rings. The average Bonchev–Trinajstić information content (AvgIpc) is 2.79. The molecule has 0 saturated carbocycles. The molecule has 23 heavy (non-hydrogen) atoms. The summed E-state index contributed by atoms with van der Waals surface area (Å²) in [5.41, 5.74) is 0.650. The van der Waals surface area contributed by atoms with E-state index in [1.165, 1.54) is 0 Å². The second kappa shape index (κ2) is 11.5. The monoisotopic (exact) mass is 363 g/mol. The Labute approximate surface area is 160 Å². The van der Waals surface area contributed by atoms with Crippen molar-refractivity contribution in [3.8, 4) is 0 Å². The van der Waals surface area contributed by atoms with Gasteiger partial charge in [-0.1, -0.05) is 67.9 Å². The molecular weight excluding hydrogens is 333 g/mol. The van der Waals surface area contributed by atoms with Crippen LogP contribution in [0.25, 0.3) is 10.2 Å². The van der Waals surface area contributed by atoms with Gasteiger partial charge in [0.2, 0.25) is 0 Å². The summed E-state index contributed by atoms with van der Waals surface area (Å²) in [5, 5.41) is 1.94. The van der Waals surface area contributed by atoms with E-state index in [0.717, 1.165) is 4.88 Å². The molecule has 0 fully saturated rings. The molecule has 1 rings (SSSR count). The first-order valence-corrected chi connectivity index (χ1v) is 15.4. The smallest absolute Gasteiger partial charge is 0.668 e. The molecular formula is C16H30LiNO2SSi2. The molecule has 0 spiro atoms. The van der Waals surface area contributed by atoms with Gasteiger partial charge in [-0.15, -0.1) is 11.3 Å². The molecule has 0 aliphatic carbocycles. The minimum Gasteiger partial charge on any atom is -0.668 e. The van der Waals surface area contributed by atoms with Crippen LogP contribution in [0.1, 0.15) is 18.7 Å². The third-order valence-corrected chi connectivity index (χ3v) is 8.51. The number of thiophene rings is 1. The average molecular weight is 364 g/mol. The number of hydrogen-bond acceptors (Lipinski definition) is 3. The van der Waals surface area contributed by atoms with Gasteiger partial charge in [0.1, 0.15) is 0 Å². The Kier molecular flexibility index (Phi) is 12.5. The quantitative estimate of drug-likeness (QED) is 0.458. The fourth-order valence-electron chi connectivity index (χ4n) is 2.01. The number of esters is 1. The van der Waals surface area contributed by atoms with Crippen molar-refractivity contribution in [2.75, 3.05) is 6.61 Å². The SMILES string of the molecule is CC=C(C(=O)OCC)c1cccs1.C[Si](C)(C)[N-][Si](C)(C)C.[Li+]. The number of allylic oxidation sites excluding steroid dienone is 1. The van der Waals surface area contributed by atoms with Crippen LogP contribution >= 0.6 is 11.3 Å². The summed E-state index contributed by atoms with van der Waals surface area (Å²) in [6, 6.07) is 3.83. The van der Waals surface area contributed by atoms with Crippen LogP contribution in [0.15, 0.2) is 23.6 Å². The van der Waals surface area contributed by atoms with Crippen LogP contribution in [0.4, 0.5) is 0 Å². The van der Waals surface area contributed by atoms with Crippen molar-refractivity contribution in [2.45, 2.75) is 53.1 Å². The minimum atomic E-state index is -1.11. The summed E-state index contributed by atoms with van der Waals surface area (Å²) in [7, 11) is -2.21. The van der Waals surface area contributed by atoms with E-state index in [1.54, 1.807) is 24.3 Å². The number of hydrogen-bond donors (Lipinski definition) is 0. The maximum atomic E-state index is 11.4. The maximum absolute atomic E-state index is 11.4. The van der Waals surface area contributed by atoms with Crippen molar-refractivity contribution in [1.82, 2.24) is 0 Å². The maximum Gasteiger partial charge on any atom is 1.00 e. The Balaban J connectivity index is 0. The summed E-state index contributed by atoms with van der Waals surface area (Å²) >= 11 is 1.54. The fourth-order valence-corrected chi connectivity index (χ4v) is 10.8. The van der Waals surface area contributed by atoms with Crippen molar-refractivity contribution in [2.24, 2.45) is 0 Å². The summed E-state index contributed by atoms with van der Waals surface area (Å²) in [4.78, 5) is 12.3. The summed E-state index contributed by atoms with van der Waals surface area (Å²) in [6.45, 7) is 17.8. The number of nitrogens with zero attached hydrogens (tertiary/aromatic N) is 1. The second-order valence-corrected chi connectivity index (χ2v) is 17.4. The van der Waals surface area contributed by atoms with Gasteiger partial charge >= 0.3 is 24.8 Å². The molecule has 1 heterocycles. The molecule has 7 heteroatoms. The van der Waals surface area contributed by atoms with Gasteiger partial charge in [-0.25, -0.2) is 4.79 Å². The topological polar surface area (TPSA) is 40.4 Å². The van der Waals surface area contributed by atoms with E-state index in [9.17, 15) is 4.79 Å². The molecule has 0 N–H and O–H groups in total. The first-order chi connectivity index (χ1) is 10.00. The van der Waals surface area contributed by atoms with Gasteiger partial charge in [0, 0.05) is 4.88 Å². The van der Waals surface area contributed by atoms with E-state index < -0.39 is 16.5 Å². The van der Waals surface area contributed by atoms with Gasteiger partial charge in [0.25, 0.3) is 0 Å². The zero-order valence-electron chi connectivity index (χ0n) is 16.2. The number of carbonyl (C=O) groups is 1. The molecule has 0 aliphatic heterocycles. The van der Waals surface area contributed by atoms with E-state index >= 15 is 0 Å². The molecule has 0 atom stereocenters. The first kappa shape index (κ1) is 25.1. The molecule has 0 amide bonds. The number of carbonyl (C=O) groups excluding carboxylic acids is 1. The van der Waals surface area contributed by atoms with Gasteiger partial charge < -0.3 is 9.38 Å². The fraction of sp³-hybridized carbons (Fsp3) is 0.562. The van der Waals surface area contributed by atoms with Gasteiger partial charge in [-0.05, 0) is 25.3 Å². The van der Waals surface area contributed by atoms with Crippen LogP contribution in [0.3, 0.4) is 0 Å². The van der Waals surface area contributed by atoms with Crippen molar-refractivity contribution in [3.63, 3.8) is 0 Å². The normalized spacial score (nSPS) is 11.9. The molecule has 3 nitrogen and oxygen atoms in total. The standard InChI is InChI=1S/C10H12O2S.C6H18NSi2.Li/c1-3-8(10(11)12-4-2)9-6-5-7-13-9;1-8(2,3)7-9(4,5)6;/h3,5-7H,4H2,1-2H3;1-6H3;/q;-1;+1. The predicted octanol–water partition coefficient (Wildman–Crippen LogP) is 2.75. The Morgan fingerprint density at radius 2 is 1.74 bits per heavy atom. The van der Waals surface area contributed by atoms with E-state index in [2.05, 4.69) is 39.3 Å². The third kappa shape index (κ3) is 12.9. The number of rotatable bonds is 5. The molecule has 1 aromatic heterocycles. The molecule has 0 saturated heterocycles. The van der Waals surface area contributed by atoms with Crippen LogP contribution in [0, 0.1) is 0 Å². The van der Waals surface area contributed by atoms with Gasteiger partial charge in [0.05, 0.1) is 12.2 Å². The van der Waals surface area contributed by atoms with Crippen LogP contribution in [-0.2, 0) is 9.53 Å². The zero-order chi connectivity index (χ0) is 17.4. The molecule has 0 aromatic carbocycles. The zero-order valence-corrected chi connectivity index (χ0v) is 19.0. The largest absolute Gasteiger partial charge is 1.00 e. The minimum absolute atomic E-state index is 0. The Morgan fingerprint density at radius 1 is 1.22 bits per heavy atom. The summed E-state index contributed by atoms with van der Waals surface area (Å²) < 4.78 is 9.74. The third-order valence-electron chi connectivity index (χ3n) is 2.24.